The highest BCUT2D eigenvalue weighted by Gasteiger charge is 2.35. The van der Waals surface area contributed by atoms with Gasteiger partial charge in [-0.2, -0.15) is 0 Å². The van der Waals surface area contributed by atoms with Crippen molar-refractivity contribution in [3.8, 4) is 0 Å². The molecule has 232 valence electrons. The molecule has 0 aliphatic heterocycles. The summed E-state index contributed by atoms with van der Waals surface area (Å²) in [6.45, 7) is 0.745. The number of primary amides is 1. The minimum atomic E-state index is -0.868. The Labute approximate surface area is 249 Å². The van der Waals surface area contributed by atoms with Crippen molar-refractivity contribution < 1.29 is 14.4 Å². The molecule has 3 amide bonds. The fourth-order valence-corrected chi connectivity index (χ4v) is 6.42. The molecule has 0 spiro atoms. The molecular weight excluding hydrogens is 532 g/mol. The molecule has 1 aromatic rings. The van der Waals surface area contributed by atoms with Crippen molar-refractivity contribution in [3.63, 3.8) is 0 Å². The number of aliphatic imine (C=N–C) groups is 1. The van der Waals surface area contributed by atoms with Crippen LogP contribution in [0.4, 0.5) is 0 Å². The average Bonchev–Trinajstić information content (AvgIpc) is 2.97. The van der Waals surface area contributed by atoms with Crippen molar-refractivity contribution in [2.75, 3.05) is 19.6 Å². The first-order valence-electron chi connectivity index (χ1n) is 15.5. The maximum absolute atomic E-state index is 14.4. The van der Waals surface area contributed by atoms with Gasteiger partial charge in [0.2, 0.25) is 17.7 Å². The van der Waals surface area contributed by atoms with Gasteiger partial charge in [0.05, 0.1) is 6.54 Å². The average molecular weight is 583 g/mol. The number of rotatable bonds is 15. The summed E-state index contributed by atoms with van der Waals surface area (Å²) in [4.78, 5) is 45.5. The molecule has 0 bridgehead atoms. The standard InChI is InChI=1S/C31H50N8O3/c32-28(33)24-15-13-21(14-16-24)18-25(23-10-5-2-6-11-23)30(42)39(19-22-8-3-1-4-9-22)20-27(40)38-26(29(34)41)12-7-17-37-31(35)36/h13-16,22-23,25-26H,1-12,17-20H2,(H3,32,33)(H2,34,41)(H,38,40)(H4,35,36,37)/t25?,26-/m0/s1. The van der Waals surface area contributed by atoms with E-state index >= 15 is 0 Å². The molecule has 11 nitrogen and oxygen atoms in total. The second kappa shape index (κ2) is 16.7. The normalized spacial score (nSPS) is 17.5. The number of amides is 3. The number of hydrogen-bond donors (Lipinski definition) is 6. The number of nitrogens with two attached hydrogens (primary N) is 4. The molecule has 2 fully saturated rings. The zero-order valence-corrected chi connectivity index (χ0v) is 24.9. The van der Waals surface area contributed by atoms with Crippen molar-refractivity contribution in [2.24, 2.45) is 45.7 Å². The van der Waals surface area contributed by atoms with Crippen LogP contribution in [0.3, 0.4) is 0 Å². The lowest BCUT2D eigenvalue weighted by atomic mass is 9.76. The van der Waals surface area contributed by atoms with Crippen LogP contribution in [0.15, 0.2) is 29.3 Å². The molecule has 1 unspecified atom stereocenters. The summed E-state index contributed by atoms with van der Waals surface area (Å²) in [5, 5.41) is 10.5. The highest BCUT2D eigenvalue weighted by Crippen LogP contribution is 2.34. The van der Waals surface area contributed by atoms with E-state index in [1.54, 1.807) is 4.90 Å². The van der Waals surface area contributed by atoms with Gasteiger partial charge in [-0.05, 0) is 62.3 Å². The fourth-order valence-electron chi connectivity index (χ4n) is 6.42. The van der Waals surface area contributed by atoms with E-state index in [9.17, 15) is 14.4 Å². The van der Waals surface area contributed by atoms with E-state index in [2.05, 4.69) is 10.3 Å². The molecular formula is C31H50N8O3. The number of nitrogen functional groups attached to an aromatic ring is 1. The summed E-state index contributed by atoms with van der Waals surface area (Å²) in [6.07, 6.45) is 12.2. The number of carbonyl (C=O) groups is 3. The van der Waals surface area contributed by atoms with Crippen LogP contribution < -0.4 is 28.3 Å². The molecule has 0 radical (unpaired) electrons. The monoisotopic (exact) mass is 582 g/mol. The van der Waals surface area contributed by atoms with Crippen molar-refractivity contribution in [1.82, 2.24) is 10.2 Å². The Hall–Kier alpha value is -3.63. The minimum absolute atomic E-state index is 0.00153. The quantitative estimate of drug-likeness (QED) is 0.104. The third-order valence-corrected chi connectivity index (χ3v) is 8.73. The van der Waals surface area contributed by atoms with Gasteiger partial charge < -0.3 is 33.2 Å². The van der Waals surface area contributed by atoms with Crippen molar-refractivity contribution in [2.45, 2.75) is 89.5 Å². The van der Waals surface area contributed by atoms with Crippen LogP contribution in [-0.2, 0) is 20.8 Å². The molecule has 2 aliphatic rings. The van der Waals surface area contributed by atoms with E-state index in [0.717, 1.165) is 56.9 Å². The highest BCUT2D eigenvalue weighted by atomic mass is 16.2. The summed E-state index contributed by atoms with van der Waals surface area (Å²) in [5.41, 5.74) is 23.6. The summed E-state index contributed by atoms with van der Waals surface area (Å²) >= 11 is 0. The minimum Gasteiger partial charge on any atom is -0.384 e. The van der Waals surface area contributed by atoms with E-state index in [1.165, 1.54) is 12.8 Å². The third kappa shape index (κ3) is 10.6. The second-order valence-corrected chi connectivity index (χ2v) is 12.0. The summed E-state index contributed by atoms with van der Waals surface area (Å²) in [5.74, 6) is -0.706. The molecule has 0 aromatic heterocycles. The maximum Gasteiger partial charge on any atom is 0.240 e. The van der Waals surface area contributed by atoms with E-state index in [1.807, 2.05) is 24.3 Å². The predicted molar refractivity (Wildman–Crippen MR) is 165 cm³/mol. The van der Waals surface area contributed by atoms with Crippen LogP contribution in [0.5, 0.6) is 0 Å². The number of nitrogens with one attached hydrogen (secondary N) is 2. The van der Waals surface area contributed by atoms with E-state index < -0.39 is 17.9 Å². The van der Waals surface area contributed by atoms with Crippen LogP contribution in [-0.4, -0.2) is 60.1 Å². The Bertz CT molecular complexity index is 1070. The van der Waals surface area contributed by atoms with Gasteiger partial charge in [0.25, 0.3) is 0 Å². The third-order valence-electron chi connectivity index (χ3n) is 8.73. The number of carbonyl (C=O) groups excluding carboxylic acids is 3. The molecule has 11 heteroatoms. The first-order valence-corrected chi connectivity index (χ1v) is 15.5. The van der Waals surface area contributed by atoms with Crippen LogP contribution in [0, 0.1) is 23.2 Å². The number of benzene rings is 1. The lowest BCUT2D eigenvalue weighted by Gasteiger charge is -2.36. The van der Waals surface area contributed by atoms with E-state index in [0.29, 0.717) is 43.8 Å². The van der Waals surface area contributed by atoms with Crippen molar-refractivity contribution >= 4 is 29.5 Å². The fraction of sp³-hybridized carbons (Fsp3) is 0.645. The van der Waals surface area contributed by atoms with Gasteiger partial charge in [-0.3, -0.25) is 24.8 Å². The van der Waals surface area contributed by atoms with Crippen molar-refractivity contribution in [1.29, 1.82) is 5.41 Å². The van der Waals surface area contributed by atoms with Crippen LogP contribution in [0.1, 0.15) is 88.2 Å². The lowest BCUT2D eigenvalue weighted by molar-refractivity contribution is -0.142. The summed E-state index contributed by atoms with van der Waals surface area (Å²) < 4.78 is 0. The smallest absolute Gasteiger partial charge is 0.240 e. The van der Waals surface area contributed by atoms with Gasteiger partial charge in [0.15, 0.2) is 5.96 Å². The number of guanidine groups is 1. The zero-order chi connectivity index (χ0) is 30.5. The Morgan fingerprint density at radius 3 is 2.12 bits per heavy atom. The van der Waals surface area contributed by atoms with Gasteiger partial charge >= 0.3 is 0 Å². The zero-order valence-electron chi connectivity index (χ0n) is 24.9. The Balaban J connectivity index is 1.78. The van der Waals surface area contributed by atoms with Crippen molar-refractivity contribution in [3.05, 3.63) is 35.4 Å². The Morgan fingerprint density at radius 2 is 1.55 bits per heavy atom. The molecule has 2 atom stereocenters. The Morgan fingerprint density at radius 1 is 0.929 bits per heavy atom. The van der Waals surface area contributed by atoms with Gasteiger partial charge in [0, 0.05) is 24.6 Å². The molecule has 0 heterocycles. The number of hydrogen-bond acceptors (Lipinski definition) is 5. The SMILES string of the molecule is N=C(N)c1ccc(CC(C(=O)N(CC(=O)N[C@@H](CCCN=C(N)N)C(N)=O)CC2CCCCC2)C2CCCCC2)cc1. The number of nitrogens with zero attached hydrogens (tertiary/aromatic N) is 2. The summed E-state index contributed by atoms with van der Waals surface area (Å²) in [7, 11) is 0. The highest BCUT2D eigenvalue weighted by molar-refractivity contribution is 5.95. The molecule has 42 heavy (non-hydrogen) atoms. The molecule has 2 saturated carbocycles. The molecule has 3 rings (SSSR count). The Kier molecular flexibility index (Phi) is 13.1. The van der Waals surface area contributed by atoms with Crippen LogP contribution in [0.2, 0.25) is 0 Å². The topological polar surface area (TPSA) is 207 Å². The van der Waals surface area contributed by atoms with Crippen LogP contribution >= 0.6 is 0 Å². The first-order chi connectivity index (χ1) is 20.1. The lowest BCUT2D eigenvalue weighted by Crippen LogP contribution is -2.51. The predicted octanol–water partition coefficient (Wildman–Crippen LogP) is 2.14. The van der Waals surface area contributed by atoms with E-state index in [-0.39, 0.29) is 36.1 Å². The first kappa shape index (κ1) is 32.9. The maximum atomic E-state index is 14.4. The van der Waals surface area contributed by atoms with E-state index in [4.69, 9.17) is 28.3 Å². The van der Waals surface area contributed by atoms with Gasteiger partial charge in [0.1, 0.15) is 11.9 Å². The van der Waals surface area contributed by atoms with Gasteiger partial charge in [-0.15, -0.1) is 0 Å². The molecule has 1 aromatic carbocycles. The van der Waals surface area contributed by atoms with Gasteiger partial charge in [-0.1, -0.05) is 62.8 Å². The largest absolute Gasteiger partial charge is 0.384 e. The summed E-state index contributed by atoms with van der Waals surface area (Å²) in [6, 6.07) is 6.66. The molecule has 2 aliphatic carbocycles. The molecule has 10 N–H and O–H groups in total. The second-order valence-electron chi connectivity index (χ2n) is 12.0. The number of amidine groups is 1. The van der Waals surface area contributed by atoms with Crippen LogP contribution in [0.25, 0.3) is 0 Å². The van der Waals surface area contributed by atoms with Gasteiger partial charge in [-0.25, -0.2) is 0 Å². The molecule has 0 saturated heterocycles.